The number of hydrogen-bond donors (Lipinski definition) is 0. The number of hydrogen-bond acceptors (Lipinski definition) is 6. The number of benzene rings is 4. The van der Waals surface area contributed by atoms with Crippen LogP contribution in [0.15, 0.2) is 84.9 Å². The van der Waals surface area contributed by atoms with Crippen LogP contribution in [0, 0.1) is 0 Å². The van der Waals surface area contributed by atoms with Gasteiger partial charge in [0.1, 0.15) is 34.5 Å². The van der Waals surface area contributed by atoms with Gasteiger partial charge in [-0.25, -0.2) is 0 Å². The minimum Gasteiger partial charge on any atom is -0.494 e. The average Bonchev–Trinajstić information content (AvgIpc) is 3.15. The highest BCUT2D eigenvalue weighted by molar-refractivity contribution is 5.55. The van der Waals surface area contributed by atoms with Gasteiger partial charge in [-0.1, -0.05) is 71.9 Å². The van der Waals surface area contributed by atoms with Gasteiger partial charge in [-0.3, -0.25) is 0 Å². The third-order valence-corrected chi connectivity index (χ3v) is 8.16. The van der Waals surface area contributed by atoms with E-state index in [2.05, 4.69) is 108 Å². The minimum atomic E-state index is -0.217. The second kappa shape index (κ2) is 21.0. The summed E-state index contributed by atoms with van der Waals surface area (Å²) in [5.74, 6) is 4.42. The molecule has 4 aromatic carbocycles. The zero-order valence-electron chi connectivity index (χ0n) is 31.2. The van der Waals surface area contributed by atoms with Gasteiger partial charge in [-0.15, -0.1) is 0 Å². The summed E-state index contributed by atoms with van der Waals surface area (Å²) in [5.41, 5.74) is 4.33. The van der Waals surface area contributed by atoms with Crippen molar-refractivity contribution in [1.29, 1.82) is 0 Å². The minimum absolute atomic E-state index is 0.186. The largest absolute Gasteiger partial charge is 0.494 e. The normalized spacial score (nSPS) is 11.7. The van der Waals surface area contributed by atoms with Crippen LogP contribution in [-0.4, -0.2) is 39.6 Å². The molecule has 0 saturated heterocycles. The van der Waals surface area contributed by atoms with Gasteiger partial charge < -0.3 is 28.4 Å². The van der Waals surface area contributed by atoms with Crippen molar-refractivity contribution in [2.24, 2.45) is 0 Å². The van der Waals surface area contributed by atoms with E-state index in [0.717, 1.165) is 95.3 Å². The molecule has 0 spiro atoms. The molecule has 0 bridgehead atoms. The predicted molar refractivity (Wildman–Crippen MR) is 204 cm³/mol. The van der Waals surface area contributed by atoms with Crippen molar-refractivity contribution < 1.29 is 28.4 Å². The van der Waals surface area contributed by atoms with E-state index in [1.807, 2.05) is 18.2 Å². The lowest BCUT2D eigenvalue weighted by Crippen LogP contribution is -2.17. The van der Waals surface area contributed by atoms with E-state index in [4.69, 9.17) is 28.4 Å². The molecule has 4 rings (SSSR count). The first-order chi connectivity index (χ1) is 24.5. The summed E-state index contributed by atoms with van der Waals surface area (Å²) in [5, 5.41) is 0. The Balaban J connectivity index is 2.08. The van der Waals surface area contributed by atoms with E-state index < -0.39 is 0 Å². The highest BCUT2D eigenvalue weighted by Gasteiger charge is 2.33. The third-order valence-electron chi connectivity index (χ3n) is 8.16. The molecule has 6 nitrogen and oxygen atoms in total. The summed E-state index contributed by atoms with van der Waals surface area (Å²) < 4.78 is 38.0. The quantitative estimate of drug-likeness (QED) is 0.0776. The average molecular weight is 683 g/mol. The molecule has 1 atom stereocenters. The molecular weight excluding hydrogens is 624 g/mol. The van der Waals surface area contributed by atoms with Crippen LogP contribution in [0.5, 0.6) is 34.5 Å². The van der Waals surface area contributed by atoms with Gasteiger partial charge in [0.05, 0.1) is 39.6 Å². The van der Waals surface area contributed by atoms with Gasteiger partial charge in [0.25, 0.3) is 0 Å². The summed E-state index contributed by atoms with van der Waals surface area (Å²) in [6.07, 6.45) is 5.44. The van der Waals surface area contributed by atoms with Crippen LogP contribution in [0.3, 0.4) is 0 Å². The maximum atomic E-state index is 6.52. The van der Waals surface area contributed by atoms with Crippen molar-refractivity contribution in [3.63, 3.8) is 0 Å². The third kappa shape index (κ3) is 11.1. The second-order valence-electron chi connectivity index (χ2n) is 12.6. The lowest BCUT2D eigenvalue weighted by atomic mass is 9.73. The molecule has 0 N–H and O–H groups in total. The molecule has 0 aliphatic heterocycles. The fourth-order valence-corrected chi connectivity index (χ4v) is 5.97. The summed E-state index contributed by atoms with van der Waals surface area (Å²) >= 11 is 0. The molecule has 0 radical (unpaired) electrons. The highest BCUT2D eigenvalue weighted by Crippen LogP contribution is 2.49. The first-order valence-corrected chi connectivity index (χ1v) is 18.8. The Morgan fingerprint density at radius 3 is 1.18 bits per heavy atom. The van der Waals surface area contributed by atoms with E-state index in [-0.39, 0.29) is 11.8 Å². The van der Waals surface area contributed by atoms with Crippen LogP contribution in [0.1, 0.15) is 114 Å². The van der Waals surface area contributed by atoms with Gasteiger partial charge in [-0.2, -0.15) is 0 Å². The van der Waals surface area contributed by atoms with E-state index >= 15 is 0 Å². The SMILES string of the molecule is CCCOc1cc(OCCC)cc(C(c2cc(OCCC)cc(OCCC)c2)C(c2ccccc2)c2cc(OCCC)ccc2OCCC)c1. The van der Waals surface area contributed by atoms with Crippen molar-refractivity contribution in [1.82, 2.24) is 0 Å². The Hall–Kier alpha value is -4.32. The summed E-state index contributed by atoms with van der Waals surface area (Å²) in [6.45, 7) is 16.5. The molecule has 6 heteroatoms. The smallest absolute Gasteiger partial charge is 0.123 e. The lowest BCUT2D eigenvalue weighted by Gasteiger charge is -2.32. The van der Waals surface area contributed by atoms with Gasteiger partial charge in [0.2, 0.25) is 0 Å². The molecule has 0 heterocycles. The van der Waals surface area contributed by atoms with Crippen LogP contribution in [0.25, 0.3) is 0 Å². The lowest BCUT2D eigenvalue weighted by molar-refractivity contribution is 0.299. The molecule has 50 heavy (non-hydrogen) atoms. The summed E-state index contributed by atoms with van der Waals surface area (Å²) in [7, 11) is 0. The summed E-state index contributed by atoms with van der Waals surface area (Å²) in [6, 6.07) is 29.7. The van der Waals surface area contributed by atoms with Crippen LogP contribution in [0.2, 0.25) is 0 Å². The zero-order valence-corrected chi connectivity index (χ0v) is 31.2. The fourth-order valence-electron chi connectivity index (χ4n) is 5.97. The Morgan fingerprint density at radius 2 is 0.760 bits per heavy atom. The van der Waals surface area contributed by atoms with Gasteiger partial charge in [0, 0.05) is 29.5 Å². The highest BCUT2D eigenvalue weighted by atomic mass is 16.5. The monoisotopic (exact) mass is 682 g/mol. The molecule has 0 aliphatic rings. The standard InChI is InChI=1S/C44H58O6/c1-7-20-45-36-18-19-42(50-25-12-6)41(32-36)44(33-16-14-13-15-17-33)43(34-26-37(46-21-8-2)30-38(27-34)47-22-9-3)35-28-39(48-23-10-4)31-40(29-35)49-24-11-5/h13-19,26-32,43-44H,7-12,20-25H2,1-6H3. The van der Waals surface area contributed by atoms with E-state index in [9.17, 15) is 0 Å². The molecule has 0 aliphatic carbocycles. The molecule has 0 amide bonds. The van der Waals surface area contributed by atoms with Gasteiger partial charge in [0.15, 0.2) is 0 Å². The predicted octanol–water partition coefficient (Wildman–Crippen LogP) is 11.4. The van der Waals surface area contributed by atoms with Crippen LogP contribution in [0.4, 0.5) is 0 Å². The van der Waals surface area contributed by atoms with Crippen LogP contribution in [-0.2, 0) is 0 Å². The number of ether oxygens (including phenoxy) is 6. The zero-order chi connectivity index (χ0) is 35.6. The topological polar surface area (TPSA) is 55.4 Å². The maximum absolute atomic E-state index is 6.52. The van der Waals surface area contributed by atoms with Crippen LogP contribution >= 0.6 is 0 Å². The van der Waals surface area contributed by atoms with E-state index in [0.29, 0.717) is 39.6 Å². The van der Waals surface area contributed by atoms with Gasteiger partial charge >= 0.3 is 0 Å². The molecule has 0 fully saturated rings. The van der Waals surface area contributed by atoms with Crippen molar-refractivity contribution in [2.45, 2.75) is 91.9 Å². The Kier molecular flexibility index (Phi) is 16.2. The first kappa shape index (κ1) is 38.5. The molecule has 1 unspecified atom stereocenters. The molecule has 0 saturated carbocycles. The van der Waals surface area contributed by atoms with Crippen molar-refractivity contribution in [3.8, 4) is 34.5 Å². The van der Waals surface area contributed by atoms with Gasteiger partial charge in [-0.05, 0) is 97.7 Å². The van der Waals surface area contributed by atoms with E-state index in [1.54, 1.807) is 0 Å². The molecular formula is C44H58O6. The second-order valence-corrected chi connectivity index (χ2v) is 12.6. The fraction of sp³-hybridized carbons (Fsp3) is 0.455. The molecule has 4 aromatic rings. The van der Waals surface area contributed by atoms with Crippen LogP contribution < -0.4 is 28.4 Å². The van der Waals surface area contributed by atoms with E-state index in [1.165, 1.54) is 0 Å². The van der Waals surface area contributed by atoms with Crippen molar-refractivity contribution in [3.05, 3.63) is 107 Å². The Labute approximate surface area is 301 Å². The van der Waals surface area contributed by atoms with Crippen molar-refractivity contribution >= 4 is 0 Å². The molecule has 270 valence electrons. The Morgan fingerprint density at radius 1 is 0.360 bits per heavy atom. The van der Waals surface area contributed by atoms with Crippen molar-refractivity contribution in [2.75, 3.05) is 39.6 Å². The Bertz CT molecular complexity index is 1440. The molecule has 0 aromatic heterocycles. The maximum Gasteiger partial charge on any atom is 0.123 e. The first-order valence-electron chi connectivity index (χ1n) is 18.8. The summed E-state index contributed by atoms with van der Waals surface area (Å²) in [4.78, 5) is 0. The number of rotatable bonds is 23.